The number of nitrogens with zero attached hydrogens (tertiary/aromatic N) is 4. The van der Waals surface area contributed by atoms with Crippen molar-refractivity contribution in [2.24, 2.45) is 0 Å². The van der Waals surface area contributed by atoms with E-state index in [9.17, 15) is 4.79 Å². The lowest BCUT2D eigenvalue weighted by atomic mass is 10.4. The number of nitrogens with one attached hydrogen (secondary N) is 2. The first kappa shape index (κ1) is 11.8. The summed E-state index contributed by atoms with van der Waals surface area (Å²) in [4.78, 5) is 25.3. The van der Waals surface area contributed by atoms with Crippen LogP contribution in [0.25, 0.3) is 0 Å². The number of carbonyl (C=O) groups is 1. The Morgan fingerprint density at radius 1 is 1.41 bits per heavy atom. The predicted molar refractivity (Wildman–Crippen MR) is 64.2 cm³/mol. The van der Waals surface area contributed by atoms with E-state index in [1.165, 1.54) is 0 Å². The zero-order valence-electron chi connectivity index (χ0n) is 9.40. The maximum absolute atomic E-state index is 11.4. The van der Waals surface area contributed by atoms with Crippen LogP contribution in [0.5, 0.6) is 0 Å². The fourth-order valence-corrected chi connectivity index (χ4v) is 1.73. The van der Waals surface area contributed by atoms with Crippen molar-refractivity contribution < 1.29 is 4.79 Å². The van der Waals surface area contributed by atoms with Crippen LogP contribution >= 0.6 is 11.6 Å². The fourth-order valence-electron chi connectivity index (χ4n) is 1.57. The zero-order valence-corrected chi connectivity index (χ0v) is 10.2. The number of halogens is 1. The molecule has 1 aliphatic rings. The van der Waals surface area contributed by atoms with Crippen molar-refractivity contribution in [3.63, 3.8) is 0 Å². The number of carbonyl (C=O) groups excluding carboxylic acids is 1. The molecule has 7 nitrogen and oxygen atoms in total. The third kappa shape index (κ3) is 2.94. The van der Waals surface area contributed by atoms with Crippen molar-refractivity contribution in [2.75, 3.05) is 36.9 Å². The Balaban J connectivity index is 2.25. The Bertz CT molecular complexity index is 426. The van der Waals surface area contributed by atoms with Gasteiger partial charge in [0, 0.05) is 20.1 Å². The van der Waals surface area contributed by atoms with Crippen molar-refractivity contribution in [3.05, 3.63) is 5.28 Å². The average Bonchev–Trinajstić information content (AvgIpc) is 2.53. The smallest absolute Gasteiger partial charge is 0.239 e. The van der Waals surface area contributed by atoms with Crippen LogP contribution in [-0.4, -0.2) is 47.5 Å². The second-order valence-corrected chi connectivity index (χ2v) is 3.94. The summed E-state index contributed by atoms with van der Waals surface area (Å²) in [6.07, 6.45) is 0.851. The lowest BCUT2D eigenvalue weighted by molar-refractivity contribution is -0.119. The molecule has 0 radical (unpaired) electrons. The van der Waals surface area contributed by atoms with E-state index in [2.05, 4.69) is 25.6 Å². The number of amides is 1. The van der Waals surface area contributed by atoms with Crippen LogP contribution in [0, 0.1) is 0 Å². The average molecular weight is 257 g/mol. The molecule has 1 aromatic rings. The molecule has 0 unspecified atom stereocenters. The maximum atomic E-state index is 11.4. The second-order valence-electron chi connectivity index (χ2n) is 3.60. The van der Waals surface area contributed by atoms with E-state index < -0.39 is 0 Å². The molecule has 0 spiro atoms. The number of hydrogen-bond donors (Lipinski definition) is 2. The molecule has 1 saturated heterocycles. The Labute approximate surface area is 104 Å². The molecular formula is C9H13ClN6O. The lowest BCUT2D eigenvalue weighted by Crippen LogP contribution is -2.34. The van der Waals surface area contributed by atoms with Gasteiger partial charge in [-0.15, -0.1) is 0 Å². The fraction of sp³-hybridized carbons (Fsp3) is 0.556. The van der Waals surface area contributed by atoms with Gasteiger partial charge in [0.1, 0.15) is 0 Å². The first-order valence-corrected chi connectivity index (χ1v) is 5.68. The Hall–Kier alpha value is -1.63. The van der Waals surface area contributed by atoms with E-state index >= 15 is 0 Å². The molecule has 0 saturated carbocycles. The number of hydrogen-bond acceptors (Lipinski definition) is 6. The van der Waals surface area contributed by atoms with Gasteiger partial charge in [0.2, 0.25) is 23.1 Å². The van der Waals surface area contributed by atoms with Gasteiger partial charge in [-0.25, -0.2) is 0 Å². The molecule has 0 bridgehead atoms. The molecule has 2 N–H and O–H groups in total. The van der Waals surface area contributed by atoms with Crippen molar-refractivity contribution in [3.8, 4) is 0 Å². The highest BCUT2D eigenvalue weighted by atomic mass is 35.5. The van der Waals surface area contributed by atoms with Crippen molar-refractivity contribution in [2.45, 2.75) is 6.42 Å². The van der Waals surface area contributed by atoms with E-state index in [4.69, 9.17) is 11.6 Å². The highest BCUT2D eigenvalue weighted by Gasteiger charge is 2.18. The number of rotatable bonds is 2. The second kappa shape index (κ2) is 5.13. The Morgan fingerprint density at radius 3 is 3.00 bits per heavy atom. The van der Waals surface area contributed by atoms with E-state index in [1.807, 2.05) is 0 Å². The Kier molecular flexibility index (Phi) is 3.58. The van der Waals surface area contributed by atoms with Gasteiger partial charge in [-0.3, -0.25) is 4.79 Å². The monoisotopic (exact) mass is 256 g/mol. The van der Waals surface area contributed by atoms with Crippen LogP contribution in [0.3, 0.4) is 0 Å². The summed E-state index contributed by atoms with van der Waals surface area (Å²) < 4.78 is 0. The summed E-state index contributed by atoms with van der Waals surface area (Å²) in [7, 11) is 1.70. The summed E-state index contributed by atoms with van der Waals surface area (Å²) in [5.41, 5.74) is 0. The largest absolute Gasteiger partial charge is 0.357 e. The van der Waals surface area contributed by atoms with E-state index in [1.54, 1.807) is 11.9 Å². The van der Waals surface area contributed by atoms with Gasteiger partial charge in [-0.05, 0) is 18.0 Å². The standard InChI is InChI=1S/C9H13ClN6O/c1-11-8-13-7(10)14-9(15-8)16-4-2-3-12-6(17)5-16/h2-5H2,1H3,(H,12,17)(H,11,13,14,15). The number of anilines is 2. The molecule has 2 heterocycles. The van der Waals surface area contributed by atoms with Gasteiger partial charge in [0.25, 0.3) is 0 Å². The van der Waals surface area contributed by atoms with Gasteiger partial charge in [0.05, 0.1) is 6.54 Å². The molecule has 0 aliphatic carbocycles. The van der Waals surface area contributed by atoms with Crippen LogP contribution in [0.15, 0.2) is 0 Å². The summed E-state index contributed by atoms with van der Waals surface area (Å²) in [5.74, 6) is 0.779. The molecule has 8 heteroatoms. The van der Waals surface area contributed by atoms with Gasteiger partial charge in [-0.2, -0.15) is 15.0 Å². The highest BCUT2D eigenvalue weighted by Crippen LogP contribution is 2.14. The van der Waals surface area contributed by atoms with Crippen molar-refractivity contribution in [1.29, 1.82) is 0 Å². The molecular weight excluding hydrogens is 244 g/mol. The van der Waals surface area contributed by atoms with Crippen molar-refractivity contribution >= 4 is 29.4 Å². The quantitative estimate of drug-likeness (QED) is 0.769. The molecule has 1 fully saturated rings. The molecule has 1 aliphatic heterocycles. The lowest BCUT2D eigenvalue weighted by Gasteiger charge is -2.18. The first-order valence-electron chi connectivity index (χ1n) is 5.30. The van der Waals surface area contributed by atoms with E-state index in [0.717, 1.165) is 6.42 Å². The third-order valence-corrected chi connectivity index (χ3v) is 2.53. The minimum Gasteiger partial charge on any atom is -0.357 e. The van der Waals surface area contributed by atoms with E-state index in [0.29, 0.717) is 25.0 Å². The topological polar surface area (TPSA) is 83.0 Å². The normalized spacial score (nSPS) is 16.4. The van der Waals surface area contributed by atoms with Crippen LogP contribution in [0.2, 0.25) is 5.28 Å². The molecule has 1 aromatic heterocycles. The van der Waals surface area contributed by atoms with Crippen LogP contribution < -0.4 is 15.5 Å². The van der Waals surface area contributed by atoms with E-state index in [-0.39, 0.29) is 17.7 Å². The summed E-state index contributed by atoms with van der Waals surface area (Å²) in [6, 6.07) is 0. The molecule has 17 heavy (non-hydrogen) atoms. The minimum atomic E-state index is -0.0370. The van der Waals surface area contributed by atoms with Gasteiger partial charge in [-0.1, -0.05) is 0 Å². The highest BCUT2D eigenvalue weighted by molar-refractivity contribution is 6.28. The SMILES string of the molecule is CNc1nc(Cl)nc(N2CCCNC(=O)C2)n1. The molecule has 0 aromatic carbocycles. The molecule has 1 amide bonds. The number of aromatic nitrogens is 3. The Morgan fingerprint density at radius 2 is 2.24 bits per heavy atom. The van der Waals surface area contributed by atoms with Crippen LogP contribution in [0.4, 0.5) is 11.9 Å². The van der Waals surface area contributed by atoms with Gasteiger partial charge in [0.15, 0.2) is 0 Å². The van der Waals surface area contributed by atoms with Gasteiger partial charge >= 0.3 is 0 Å². The predicted octanol–water partition coefficient (Wildman–Crippen LogP) is -0.107. The summed E-state index contributed by atoms with van der Waals surface area (Å²) in [6.45, 7) is 1.62. The minimum absolute atomic E-state index is 0.0370. The van der Waals surface area contributed by atoms with Crippen LogP contribution in [0.1, 0.15) is 6.42 Å². The zero-order chi connectivity index (χ0) is 12.3. The van der Waals surface area contributed by atoms with Crippen molar-refractivity contribution in [1.82, 2.24) is 20.3 Å². The summed E-state index contributed by atoms with van der Waals surface area (Å²) >= 11 is 5.80. The molecule has 0 atom stereocenters. The van der Waals surface area contributed by atoms with Gasteiger partial charge < -0.3 is 15.5 Å². The molecule has 2 rings (SSSR count). The summed E-state index contributed by atoms with van der Waals surface area (Å²) in [5, 5.41) is 5.70. The first-order chi connectivity index (χ1) is 8.19. The maximum Gasteiger partial charge on any atom is 0.239 e. The molecule has 92 valence electrons. The van der Waals surface area contributed by atoms with Crippen LogP contribution in [-0.2, 0) is 4.79 Å². The third-order valence-electron chi connectivity index (χ3n) is 2.36.